The van der Waals surface area contributed by atoms with E-state index in [1.807, 2.05) is 37.3 Å². The van der Waals surface area contributed by atoms with E-state index in [9.17, 15) is 4.79 Å². The van der Waals surface area contributed by atoms with Crippen molar-refractivity contribution >= 4 is 21.6 Å². The number of aryl methyl sites for hydroxylation is 1. The highest BCUT2D eigenvalue weighted by molar-refractivity contribution is 7.18. The number of nitrogens with one attached hydrogen (secondary N) is 1. The van der Waals surface area contributed by atoms with Crippen molar-refractivity contribution in [3.05, 3.63) is 45.6 Å². The van der Waals surface area contributed by atoms with Crippen LogP contribution in [0.3, 0.4) is 0 Å². The van der Waals surface area contributed by atoms with Gasteiger partial charge in [-0.15, -0.1) is 11.3 Å². The molecule has 0 bridgehead atoms. The zero-order valence-corrected chi connectivity index (χ0v) is 12.8. The molecule has 21 heavy (non-hydrogen) atoms. The first-order valence-corrected chi connectivity index (χ1v) is 7.79. The average molecular weight is 300 g/mol. The quantitative estimate of drug-likeness (QED) is 0.800. The van der Waals surface area contributed by atoms with Crippen LogP contribution in [0.15, 0.2) is 35.1 Å². The van der Waals surface area contributed by atoms with Crippen LogP contribution < -0.4 is 10.3 Å². The van der Waals surface area contributed by atoms with E-state index >= 15 is 0 Å². The summed E-state index contributed by atoms with van der Waals surface area (Å²) < 4.78 is 5.42. The molecule has 0 radical (unpaired) electrons. The summed E-state index contributed by atoms with van der Waals surface area (Å²) in [5.74, 6) is 1.41. The SMILES string of the molecule is CCOc1ccc(-c2nc3sc(CC)cc3c(=O)[nH]2)cc1. The lowest BCUT2D eigenvalue weighted by Crippen LogP contribution is -2.07. The Morgan fingerprint density at radius 3 is 2.67 bits per heavy atom. The second-order valence-electron chi connectivity index (χ2n) is 4.66. The molecule has 0 aliphatic heterocycles. The van der Waals surface area contributed by atoms with Gasteiger partial charge in [0.1, 0.15) is 16.4 Å². The van der Waals surface area contributed by atoms with Gasteiger partial charge in [-0.3, -0.25) is 4.79 Å². The minimum Gasteiger partial charge on any atom is -0.494 e. The molecule has 108 valence electrons. The van der Waals surface area contributed by atoms with E-state index < -0.39 is 0 Å². The Morgan fingerprint density at radius 1 is 1.24 bits per heavy atom. The number of benzene rings is 1. The number of hydrogen-bond acceptors (Lipinski definition) is 4. The second-order valence-corrected chi connectivity index (χ2v) is 5.77. The fourth-order valence-electron chi connectivity index (χ4n) is 2.17. The molecule has 0 aliphatic rings. The molecule has 0 saturated carbocycles. The van der Waals surface area contributed by atoms with Gasteiger partial charge in [0.2, 0.25) is 0 Å². The first kappa shape index (κ1) is 13.8. The monoisotopic (exact) mass is 300 g/mol. The smallest absolute Gasteiger partial charge is 0.259 e. The molecule has 0 aliphatic carbocycles. The summed E-state index contributed by atoms with van der Waals surface area (Å²) in [6.07, 6.45) is 0.916. The summed E-state index contributed by atoms with van der Waals surface area (Å²) in [5.41, 5.74) is 0.795. The summed E-state index contributed by atoms with van der Waals surface area (Å²) in [5, 5.41) is 0.673. The lowest BCUT2D eigenvalue weighted by molar-refractivity contribution is 0.340. The van der Waals surface area contributed by atoms with Crippen molar-refractivity contribution in [1.29, 1.82) is 0 Å². The fourth-order valence-corrected chi connectivity index (χ4v) is 3.14. The molecule has 2 aromatic heterocycles. The first-order valence-electron chi connectivity index (χ1n) is 6.97. The number of ether oxygens (including phenoxy) is 1. The zero-order valence-electron chi connectivity index (χ0n) is 12.0. The minimum atomic E-state index is -0.0835. The highest BCUT2D eigenvalue weighted by Crippen LogP contribution is 2.25. The number of aromatic nitrogens is 2. The van der Waals surface area contributed by atoms with Gasteiger partial charge in [0.05, 0.1) is 12.0 Å². The molecule has 4 nitrogen and oxygen atoms in total. The number of rotatable bonds is 4. The molecule has 5 heteroatoms. The Morgan fingerprint density at radius 2 is 2.00 bits per heavy atom. The van der Waals surface area contributed by atoms with Gasteiger partial charge in [-0.25, -0.2) is 4.98 Å². The highest BCUT2D eigenvalue weighted by atomic mass is 32.1. The van der Waals surface area contributed by atoms with Crippen molar-refractivity contribution in [1.82, 2.24) is 9.97 Å². The standard InChI is InChI=1S/C16H16N2O2S/c1-3-12-9-13-15(19)17-14(18-16(13)21-12)10-5-7-11(8-6-10)20-4-2/h5-9H,3-4H2,1-2H3,(H,17,18,19). The predicted octanol–water partition coefficient (Wildman–Crippen LogP) is 3.61. The van der Waals surface area contributed by atoms with Gasteiger partial charge in [-0.2, -0.15) is 0 Å². The lowest BCUT2D eigenvalue weighted by Gasteiger charge is -2.04. The van der Waals surface area contributed by atoms with Crippen molar-refractivity contribution in [3.63, 3.8) is 0 Å². The maximum absolute atomic E-state index is 12.2. The van der Waals surface area contributed by atoms with Gasteiger partial charge < -0.3 is 9.72 Å². The Labute approximate surface area is 126 Å². The van der Waals surface area contributed by atoms with Gasteiger partial charge in [0, 0.05) is 10.4 Å². The Bertz CT molecular complexity index is 818. The van der Waals surface area contributed by atoms with E-state index in [1.165, 1.54) is 4.88 Å². The van der Waals surface area contributed by atoms with E-state index in [2.05, 4.69) is 16.9 Å². The molecule has 0 unspecified atom stereocenters. The average Bonchev–Trinajstić information content (AvgIpc) is 2.92. The van der Waals surface area contributed by atoms with Crippen molar-refractivity contribution in [3.8, 4) is 17.1 Å². The molecule has 1 N–H and O–H groups in total. The largest absolute Gasteiger partial charge is 0.494 e. The second kappa shape index (κ2) is 5.69. The molecule has 0 atom stereocenters. The van der Waals surface area contributed by atoms with Crippen LogP contribution in [0.25, 0.3) is 21.6 Å². The molecular formula is C16H16N2O2S. The third-order valence-electron chi connectivity index (χ3n) is 3.24. The van der Waals surface area contributed by atoms with Gasteiger partial charge in [0.15, 0.2) is 0 Å². The van der Waals surface area contributed by atoms with E-state index in [4.69, 9.17) is 4.74 Å². The molecule has 0 spiro atoms. The van der Waals surface area contributed by atoms with Crippen LogP contribution in [0.1, 0.15) is 18.7 Å². The van der Waals surface area contributed by atoms with Crippen LogP contribution in [0.4, 0.5) is 0 Å². The molecule has 3 aromatic rings. The van der Waals surface area contributed by atoms with Crippen LogP contribution in [0, 0.1) is 0 Å². The third kappa shape index (κ3) is 2.69. The van der Waals surface area contributed by atoms with E-state index in [-0.39, 0.29) is 5.56 Å². The number of hydrogen-bond donors (Lipinski definition) is 1. The molecule has 2 heterocycles. The molecular weight excluding hydrogens is 284 g/mol. The number of H-pyrrole nitrogens is 1. The number of thiophene rings is 1. The van der Waals surface area contributed by atoms with E-state index in [1.54, 1.807) is 11.3 Å². The molecule has 1 aromatic carbocycles. The zero-order chi connectivity index (χ0) is 14.8. The van der Waals surface area contributed by atoms with Gasteiger partial charge in [-0.05, 0) is 43.7 Å². The van der Waals surface area contributed by atoms with Crippen LogP contribution in [-0.4, -0.2) is 16.6 Å². The van der Waals surface area contributed by atoms with Crippen LogP contribution in [0.2, 0.25) is 0 Å². The number of fused-ring (bicyclic) bond motifs is 1. The van der Waals surface area contributed by atoms with Crippen molar-refractivity contribution in [2.75, 3.05) is 6.61 Å². The lowest BCUT2D eigenvalue weighted by atomic mass is 10.2. The van der Waals surface area contributed by atoms with Gasteiger partial charge in [0.25, 0.3) is 5.56 Å². The van der Waals surface area contributed by atoms with Crippen LogP contribution in [-0.2, 0) is 6.42 Å². The van der Waals surface area contributed by atoms with Crippen LogP contribution >= 0.6 is 11.3 Å². The summed E-state index contributed by atoms with van der Waals surface area (Å²) in [7, 11) is 0. The Balaban J connectivity index is 2.05. The predicted molar refractivity (Wildman–Crippen MR) is 86.2 cm³/mol. The maximum atomic E-state index is 12.2. The normalized spacial score (nSPS) is 11.0. The van der Waals surface area contributed by atoms with Crippen molar-refractivity contribution < 1.29 is 4.74 Å². The number of nitrogens with zero attached hydrogens (tertiary/aromatic N) is 1. The van der Waals surface area contributed by atoms with Crippen LogP contribution in [0.5, 0.6) is 5.75 Å². The molecule has 3 rings (SSSR count). The summed E-state index contributed by atoms with van der Waals surface area (Å²) in [6.45, 7) is 4.66. The maximum Gasteiger partial charge on any atom is 0.259 e. The minimum absolute atomic E-state index is 0.0835. The molecule has 0 fully saturated rings. The van der Waals surface area contributed by atoms with Crippen molar-refractivity contribution in [2.24, 2.45) is 0 Å². The highest BCUT2D eigenvalue weighted by Gasteiger charge is 2.09. The Kier molecular flexibility index (Phi) is 3.75. The first-order chi connectivity index (χ1) is 10.2. The van der Waals surface area contributed by atoms with Gasteiger partial charge in [-0.1, -0.05) is 6.92 Å². The summed E-state index contributed by atoms with van der Waals surface area (Å²) >= 11 is 1.58. The van der Waals surface area contributed by atoms with E-state index in [0.29, 0.717) is 17.8 Å². The Hall–Kier alpha value is -2.14. The van der Waals surface area contributed by atoms with E-state index in [0.717, 1.165) is 22.6 Å². The number of aromatic amines is 1. The van der Waals surface area contributed by atoms with Gasteiger partial charge >= 0.3 is 0 Å². The summed E-state index contributed by atoms with van der Waals surface area (Å²) in [4.78, 5) is 21.5. The van der Waals surface area contributed by atoms with Crippen molar-refractivity contribution in [2.45, 2.75) is 20.3 Å². The summed E-state index contributed by atoms with van der Waals surface area (Å²) in [6, 6.07) is 9.50. The topological polar surface area (TPSA) is 55.0 Å². The molecule has 0 saturated heterocycles. The fraction of sp³-hybridized carbons (Fsp3) is 0.250. The molecule has 0 amide bonds. The third-order valence-corrected chi connectivity index (χ3v) is 4.41.